The summed E-state index contributed by atoms with van der Waals surface area (Å²) in [4.78, 5) is 5.78. The number of nitrogens with one attached hydrogen (secondary N) is 2. The number of hydrogen-bond donors (Lipinski definition) is 3. The van der Waals surface area contributed by atoms with E-state index in [0.29, 0.717) is 19.5 Å². The molecule has 0 fully saturated rings. The summed E-state index contributed by atoms with van der Waals surface area (Å²) in [6.07, 6.45) is 0.179. The highest BCUT2D eigenvalue weighted by Gasteiger charge is 2.07. The Labute approximate surface area is 172 Å². The summed E-state index contributed by atoms with van der Waals surface area (Å²) < 4.78 is 1.12. The highest BCUT2D eigenvalue weighted by molar-refractivity contribution is 14.0. The normalized spacial score (nSPS) is 12.4. The minimum absolute atomic E-state index is 0. The number of halogens is 2. The van der Waals surface area contributed by atoms with Crippen molar-refractivity contribution >= 4 is 57.2 Å². The van der Waals surface area contributed by atoms with Crippen molar-refractivity contribution in [3.05, 3.63) is 56.7 Å². The summed E-state index contributed by atoms with van der Waals surface area (Å²) in [6.45, 7) is 4.15. The van der Waals surface area contributed by atoms with Crippen LogP contribution in [0.25, 0.3) is 0 Å². The molecule has 3 N–H and O–H groups in total. The molecule has 2 aromatic rings. The first-order valence-electron chi connectivity index (χ1n) is 7.68. The van der Waals surface area contributed by atoms with Crippen molar-refractivity contribution in [2.45, 2.75) is 26.0 Å². The van der Waals surface area contributed by atoms with Crippen molar-refractivity contribution in [1.29, 1.82) is 0 Å². The Morgan fingerprint density at radius 1 is 1.21 bits per heavy atom. The predicted molar refractivity (Wildman–Crippen MR) is 116 cm³/mol. The van der Waals surface area contributed by atoms with Gasteiger partial charge in [-0.15, -0.1) is 35.3 Å². The Hall–Kier alpha value is -0.640. The van der Waals surface area contributed by atoms with Crippen LogP contribution in [-0.2, 0) is 6.54 Å². The van der Waals surface area contributed by atoms with Crippen molar-refractivity contribution in [3.8, 4) is 0 Å². The summed E-state index contributed by atoms with van der Waals surface area (Å²) in [5, 5.41) is 16.7. The van der Waals surface area contributed by atoms with Crippen LogP contribution in [-0.4, -0.2) is 24.2 Å². The van der Waals surface area contributed by atoms with Crippen LogP contribution in [0.1, 0.15) is 29.9 Å². The van der Waals surface area contributed by atoms with E-state index in [9.17, 15) is 5.11 Å². The van der Waals surface area contributed by atoms with E-state index in [1.165, 1.54) is 4.88 Å². The van der Waals surface area contributed by atoms with E-state index in [1.54, 1.807) is 11.3 Å². The zero-order valence-electron chi connectivity index (χ0n) is 13.5. The van der Waals surface area contributed by atoms with Gasteiger partial charge in [0.05, 0.1) is 16.4 Å². The molecule has 7 heteroatoms. The number of hydrogen-bond acceptors (Lipinski definition) is 3. The van der Waals surface area contributed by atoms with E-state index >= 15 is 0 Å². The van der Waals surface area contributed by atoms with E-state index in [0.717, 1.165) is 21.9 Å². The molecule has 0 radical (unpaired) electrons. The molecular weight excluding hydrogens is 501 g/mol. The van der Waals surface area contributed by atoms with E-state index in [2.05, 4.69) is 37.6 Å². The van der Waals surface area contributed by atoms with Crippen LogP contribution in [0.2, 0.25) is 0 Å². The highest BCUT2D eigenvalue weighted by Crippen LogP contribution is 2.22. The molecule has 1 aromatic heterocycles. The van der Waals surface area contributed by atoms with Gasteiger partial charge in [0.2, 0.25) is 0 Å². The number of aliphatic hydroxyl groups excluding tert-OH is 1. The van der Waals surface area contributed by atoms with Crippen molar-refractivity contribution in [2.75, 3.05) is 13.1 Å². The maximum Gasteiger partial charge on any atom is 0.191 e. The number of thiophene rings is 1. The van der Waals surface area contributed by atoms with Gasteiger partial charge in [-0.1, -0.05) is 30.3 Å². The van der Waals surface area contributed by atoms with E-state index in [4.69, 9.17) is 0 Å². The van der Waals surface area contributed by atoms with Gasteiger partial charge in [-0.25, -0.2) is 4.99 Å². The van der Waals surface area contributed by atoms with Crippen LogP contribution in [0.5, 0.6) is 0 Å². The first-order chi connectivity index (χ1) is 11.2. The minimum Gasteiger partial charge on any atom is -0.388 e. The second-order valence-corrected chi connectivity index (χ2v) is 7.59. The van der Waals surface area contributed by atoms with Crippen molar-refractivity contribution in [1.82, 2.24) is 10.6 Å². The van der Waals surface area contributed by atoms with E-state index in [1.807, 2.05) is 43.3 Å². The summed E-state index contributed by atoms with van der Waals surface area (Å²) in [7, 11) is 0. The van der Waals surface area contributed by atoms with Crippen LogP contribution in [0.15, 0.2) is 51.2 Å². The van der Waals surface area contributed by atoms with Gasteiger partial charge < -0.3 is 15.7 Å². The van der Waals surface area contributed by atoms with Crippen LogP contribution in [0, 0.1) is 0 Å². The van der Waals surface area contributed by atoms with Gasteiger partial charge >= 0.3 is 0 Å². The number of aliphatic hydroxyl groups is 1. The lowest BCUT2D eigenvalue weighted by atomic mass is 10.1. The molecular formula is C17H23BrIN3OS. The lowest BCUT2D eigenvalue weighted by Crippen LogP contribution is -2.38. The second-order valence-electron chi connectivity index (χ2n) is 5.04. The molecule has 0 aliphatic carbocycles. The summed E-state index contributed by atoms with van der Waals surface area (Å²) in [5.41, 5.74) is 0.944. The lowest BCUT2D eigenvalue weighted by Gasteiger charge is -2.14. The van der Waals surface area contributed by atoms with Crippen LogP contribution in [0.3, 0.4) is 0 Å². The van der Waals surface area contributed by atoms with Gasteiger partial charge in [-0.2, -0.15) is 0 Å². The molecule has 2 rings (SSSR count). The number of guanidine groups is 1. The molecule has 1 atom stereocenters. The molecule has 1 aromatic carbocycles. The fourth-order valence-electron chi connectivity index (χ4n) is 2.10. The Bertz CT molecular complexity index is 621. The monoisotopic (exact) mass is 523 g/mol. The molecule has 4 nitrogen and oxygen atoms in total. The lowest BCUT2D eigenvalue weighted by molar-refractivity contribution is 0.168. The molecule has 0 saturated carbocycles. The van der Waals surface area contributed by atoms with Gasteiger partial charge in [-0.05, 0) is 47.0 Å². The first-order valence-corrected chi connectivity index (χ1v) is 9.29. The van der Waals surface area contributed by atoms with Gasteiger partial charge in [0, 0.05) is 18.0 Å². The number of rotatable bonds is 7. The van der Waals surface area contributed by atoms with Gasteiger partial charge in [0.15, 0.2) is 5.96 Å². The molecule has 0 saturated heterocycles. The zero-order valence-corrected chi connectivity index (χ0v) is 18.3. The predicted octanol–water partition coefficient (Wildman–Crippen LogP) is 4.31. The maximum atomic E-state index is 10.2. The Kier molecular flexibility index (Phi) is 10.6. The second kappa shape index (κ2) is 11.8. The average Bonchev–Trinajstić information content (AvgIpc) is 2.99. The number of benzene rings is 1. The molecule has 132 valence electrons. The zero-order chi connectivity index (χ0) is 16.5. The van der Waals surface area contributed by atoms with Crippen molar-refractivity contribution < 1.29 is 5.11 Å². The molecule has 0 bridgehead atoms. The molecule has 1 heterocycles. The maximum absolute atomic E-state index is 10.2. The van der Waals surface area contributed by atoms with E-state index < -0.39 is 6.10 Å². The third kappa shape index (κ3) is 7.50. The van der Waals surface area contributed by atoms with Gasteiger partial charge in [-0.3, -0.25) is 0 Å². The summed E-state index contributed by atoms with van der Waals surface area (Å²) >= 11 is 5.15. The molecule has 0 aliphatic rings. The molecule has 1 unspecified atom stereocenters. The van der Waals surface area contributed by atoms with Crippen LogP contribution >= 0.6 is 51.2 Å². The standard InChI is InChI=1S/C17H22BrN3OS.HI/c1-2-19-17(21-12-14-8-9-16(18)23-14)20-11-10-15(22)13-6-4-3-5-7-13;/h3-9,15,22H,2,10-12H2,1H3,(H2,19,20,21);1H. The van der Waals surface area contributed by atoms with Crippen molar-refractivity contribution in [2.24, 2.45) is 4.99 Å². The Balaban J connectivity index is 0.00000288. The minimum atomic E-state index is -0.458. The third-order valence-electron chi connectivity index (χ3n) is 3.26. The average molecular weight is 524 g/mol. The molecule has 0 aliphatic heterocycles. The first kappa shape index (κ1) is 21.4. The summed E-state index contributed by atoms with van der Waals surface area (Å²) in [5.74, 6) is 0.775. The van der Waals surface area contributed by atoms with Gasteiger partial charge in [0.25, 0.3) is 0 Å². The largest absolute Gasteiger partial charge is 0.388 e. The molecule has 24 heavy (non-hydrogen) atoms. The SMILES string of the molecule is CCNC(=NCc1ccc(Br)s1)NCCC(O)c1ccccc1.I. The Morgan fingerprint density at radius 3 is 2.58 bits per heavy atom. The van der Waals surface area contributed by atoms with Gasteiger partial charge in [0.1, 0.15) is 0 Å². The fraction of sp³-hybridized carbons (Fsp3) is 0.353. The number of aliphatic imine (C=N–C) groups is 1. The Morgan fingerprint density at radius 2 is 1.96 bits per heavy atom. The quantitative estimate of drug-likeness (QED) is 0.288. The van der Waals surface area contributed by atoms with E-state index in [-0.39, 0.29) is 24.0 Å². The third-order valence-corrected chi connectivity index (χ3v) is 4.87. The summed E-state index contributed by atoms with van der Waals surface area (Å²) in [6, 6.07) is 13.8. The molecule has 0 amide bonds. The van der Waals surface area contributed by atoms with Crippen molar-refractivity contribution in [3.63, 3.8) is 0 Å². The molecule has 0 spiro atoms. The van der Waals surface area contributed by atoms with Crippen LogP contribution < -0.4 is 10.6 Å². The number of nitrogens with zero attached hydrogens (tertiary/aromatic N) is 1. The highest BCUT2D eigenvalue weighted by atomic mass is 127. The van der Waals surface area contributed by atoms with Crippen LogP contribution in [0.4, 0.5) is 0 Å². The fourth-order valence-corrected chi connectivity index (χ4v) is 3.51. The topological polar surface area (TPSA) is 56.7 Å². The smallest absolute Gasteiger partial charge is 0.191 e.